The second-order valence-corrected chi connectivity index (χ2v) is 6.70. The predicted molar refractivity (Wildman–Crippen MR) is 93.8 cm³/mol. The van der Waals surface area contributed by atoms with Gasteiger partial charge in [-0.05, 0) is 29.8 Å². The first-order valence-corrected chi connectivity index (χ1v) is 8.50. The van der Waals surface area contributed by atoms with Crippen LogP contribution in [0.25, 0.3) is 0 Å². The summed E-state index contributed by atoms with van der Waals surface area (Å²) in [5.41, 5.74) is 1.71. The fraction of sp³-hybridized carbons (Fsp3) is 0.278. The average Bonchev–Trinajstić information content (AvgIpc) is 2.58. The van der Waals surface area contributed by atoms with E-state index in [0.29, 0.717) is 36.8 Å². The average molecular weight is 384 g/mol. The van der Waals surface area contributed by atoms with Crippen molar-refractivity contribution in [3.05, 3.63) is 69.0 Å². The molecule has 25 heavy (non-hydrogen) atoms. The van der Waals surface area contributed by atoms with E-state index in [4.69, 9.17) is 33.0 Å². The Kier molecular flexibility index (Phi) is 5.59. The van der Waals surface area contributed by atoms with Crippen LogP contribution in [0.4, 0.5) is 4.39 Å². The third-order valence-electron chi connectivity index (χ3n) is 4.12. The molecule has 0 bridgehead atoms. The molecule has 4 nitrogen and oxygen atoms in total. The SMILES string of the molecule is O=C(O)c1cccc(CN2CCOC(c3cc(F)c(Cl)cc3Cl)C2)c1. The van der Waals surface area contributed by atoms with Crippen LogP contribution >= 0.6 is 23.2 Å². The summed E-state index contributed by atoms with van der Waals surface area (Å²) in [5, 5.41) is 9.44. The molecule has 1 unspecified atom stereocenters. The molecule has 7 heteroatoms. The van der Waals surface area contributed by atoms with Crippen molar-refractivity contribution >= 4 is 29.2 Å². The highest BCUT2D eigenvalue weighted by molar-refractivity contribution is 6.35. The summed E-state index contributed by atoms with van der Waals surface area (Å²) in [6, 6.07) is 9.51. The van der Waals surface area contributed by atoms with Crippen molar-refractivity contribution in [2.75, 3.05) is 19.7 Å². The lowest BCUT2D eigenvalue weighted by Gasteiger charge is -2.33. The van der Waals surface area contributed by atoms with Gasteiger partial charge in [0.1, 0.15) is 5.82 Å². The van der Waals surface area contributed by atoms with Gasteiger partial charge < -0.3 is 9.84 Å². The van der Waals surface area contributed by atoms with Gasteiger partial charge in [0.25, 0.3) is 0 Å². The summed E-state index contributed by atoms with van der Waals surface area (Å²) in [7, 11) is 0. The normalized spacial score (nSPS) is 18.3. The number of benzene rings is 2. The van der Waals surface area contributed by atoms with E-state index in [1.54, 1.807) is 18.2 Å². The number of nitrogens with zero attached hydrogens (tertiary/aromatic N) is 1. The molecule has 0 radical (unpaired) electrons. The molecule has 2 aromatic rings. The molecule has 2 aromatic carbocycles. The minimum atomic E-state index is -0.954. The first-order chi connectivity index (χ1) is 11.9. The Morgan fingerprint density at radius 1 is 1.28 bits per heavy atom. The first-order valence-electron chi connectivity index (χ1n) is 7.74. The van der Waals surface area contributed by atoms with Gasteiger partial charge in [0.15, 0.2) is 0 Å². The van der Waals surface area contributed by atoms with E-state index in [0.717, 1.165) is 5.56 Å². The van der Waals surface area contributed by atoms with Gasteiger partial charge in [-0.1, -0.05) is 35.3 Å². The lowest BCUT2D eigenvalue weighted by Crippen LogP contribution is -2.38. The van der Waals surface area contributed by atoms with Gasteiger partial charge in [0.05, 0.1) is 23.3 Å². The Hall–Kier alpha value is -1.66. The summed E-state index contributed by atoms with van der Waals surface area (Å²) in [6.45, 7) is 2.28. The van der Waals surface area contributed by atoms with Crippen molar-refractivity contribution in [3.8, 4) is 0 Å². The van der Waals surface area contributed by atoms with Crippen LogP contribution in [0.2, 0.25) is 10.0 Å². The maximum atomic E-state index is 13.8. The zero-order valence-electron chi connectivity index (χ0n) is 13.2. The topological polar surface area (TPSA) is 49.8 Å². The van der Waals surface area contributed by atoms with Gasteiger partial charge in [0, 0.05) is 30.2 Å². The molecular formula is C18H16Cl2FNO3. The first kappa shape index (κ1) is 18.1. The van der Waals surface area contributed by atoms with Crippen LogP contribution in [0.5, 0.6) is 0 Å². The summed E-state index contributed by atoms with van der Waals surface area (Å²) in [5.74, 6) is -1.49. The number of rotatable bonds is 4. The number of halogens is 3. The third kappa shape index (κ3) is 4.30. The Labute approximate surface area is 154 Å². The second kappa shape index (κ2) is 7.70. The summed E-state index contributed by atoms with van der Waals surface area (Å²) >= 11 is 11.9. The van der Waals surface area contributed by atoms with Crippen molar-refractivity contribution in [1.82, 2.24) is 4.90 Å². The maximum absolute atomic E-state index is 13.8. The molecule has 132 valence electrons. The monoisotopic (exact) mass is 383 g/mol. The molecule has 1 heterocycles. The number of hydrogen-bond donors (Lipinski definition) is 1. The zero-order valence-corrected chi connectivity index (χ0v) is 14.7. The molecule has 0 amide bonds. The van der Waals surface area contributed by atoms with E-state index in [2.05, 4.69) is 4.90 Å². The molecule has 1 saturated heterocycles. The minimum Gasteiger partial charge on any atom is -0.478 e. The summed E-state index contributed by atoms with van der Waals surface area (Å²) in [4.78, 5) is 13.2. The van der Waals surface area contributed by atoms with E-state index in [1.165, 1.54) is 12.1 Å². The van der Waals surface area contributed by atoms with Crippen LogP contribution in [-0.2, 0) is 11.3 Å². The van der Waals surface area contributed by atoms with Gasteiger partial charge >= 0.3 is 5.97 Å². The van der Waals surface area contributed by atoms with Crippen molar-refractivity contribution in [3.63, 3.8) is 0 Å². The van der Waals surface area contributed by atoms with E-state index < -0.39 is 11.8 Å². The Morgan fingerprint density at radius 2 is 2.08 bits per heavy atom. The van der Waals surface area contributed by atoms with Crippen LogP contribution in [0.15, 0.2) is 36.4 Å². The van der Waals surface area contributed by atoms with Gasteiger partial charge in [-0.15, -0.1) is 0 Å². The number of carboxylic acids is 1. The van der Waals surface area contributed by atoms with Crippen molar-refractivity contribution in [2.45, 2.75) is 12.6 Å². The third-order valence-corrected chi connectivity index (χ3v) is 4.73. The van der Waals surface area contributed by atoms with Crippen LogP contribution in [0, 0.1) is 5.82 Å². The number of hydrogen-bond acceptors (Lipinski definition) is 3. The van der Waals surface area contributed by atoms with Crippen molar-refractivity contribution < 1.29 is 19.0 Å². The fourth-order valence-electron chi connectivity index (χ4n) is 2.88. The van der Waals surface area contributed by atoms with Gasteiger partial charge in [-0.25, -0.2) is 9.18 Å². The van der Waals surface area contributed by atoms with E-state index in [1.807, 2.05) is 6.07 Å². The highest BCUT2D eigenvalue weighted by Gasteiger charge is 2.25. The molecule has 0 aliphatic carbocycles. The Bertz CT molecular complexity index is 800. The number of aromatic carboxylic acids is 1. The highest BCUT2D eigenvalue weighted by Crippen LogP contribution is 2.32. The van der Waals surface area contributed by atoms with Crippen LogP contribution in [-0.4, -0.2) is 35.7 Å². The summed E-state index contributed by atoms with van der Waals surface area (Å²) in [6.07, 6.45) is -0.365. The number of carbonyl (C=O) groups is 1. The number of morpholine rings is 1. The highest BCUT2D eigenvalue weighted by atomic mass is 35.5. The number of ether oxygens (including phenoxy) is 1. The predicted octanol–water partition coefficient (Wildman–Crippen LogP) is 4.40. The van der Waals surface area contributed by atoms with Crippen LogP contribution < -0.4 is 0 Å². The maximum Gasteiger partial charge on any atom is 0.335 e. The quantitative estimate of drug-likeness (QED) is 0.794. The Morgan fingerprint density at radius 3 is 2.84 bits per heavy atom. The second-order valence-electron chi connectivity index (χ2n) is 5.89. The van der Waals surface area contributed by atoms with Gasteiger partial charge in [-0.2, -0.15) is 0 Å². The molecule has 1 aliphatic heterocycles. The molecule has 0 saturated carbocycles. The lowest BCUT2D eigenvalue weighted by atomic mass is 10.1. The standard InChI is InChI=1S/C18H16Cl2FNO3/c19-14-8-15(20)16(21)7-13(14)17-10-22(4-5-25-17)9-11-2-1-3-12(6-11)18(23)24/h1-3,6-8,17H,4-5,9-10H2,(H,23,24). The molecule has 1 fully saturated rings. The lowest BCUT2D eigenvalue weighted by molar-refractivity contribution is -0.0330. The van der Waals surface area contributed by atoms with Crippen molar-refractivity contribution in [1.29, 1.82) is 0 Å². The molecular weight excluding hydrogens is 368 g/mol. The largest absolute Gasteiger partial charge is 0.478 e. The smallest absolute Gasteiger partial charge is 0.335 e. The zero-order chi connectivity index (χ0) is 18.0. The van der Waals surface area contributed by atoms with E-state index >= 15 is 0 Å². The van der Waals surface area contributed by atoms with E-state index in [9.17, 15) is 9.18 Å². The van der Waals surface area contributed by atoms with Gasteiger partial charge in [-0.3, -0.25) is 4.90 Å². The van der Waals surface area contributed by atoms with Crippen LogP contribution in [0.3, 0.4) is 0 Å². The van der Waals surface area contributed by atoms with Gasteiger partial charge in [0.2, 0.25) is 0 Å². The molecule has 1 N–H and O–H groups in total. The minimum absolute atomic E-state index is 0.0214. The summed E-state index contributed by atoms with van der Waals surface area (Å²) < 4.78 is 19.5. The molecule has 1 atom stereocenters. The molecule has 0 aromatic heterocycles. The van der Waals surface area contributed by atoms with E-state index in [-0.39, 0.29) is 16.7 Å². The Balaban J connectivity index is 1.74. The van der Waals surface area contributed by atoms with Crippen LogP contribution in [0.1, 0.15) is 27.6 Å². The molecule has 3 rings (SSSR count). The van der Waals surface area contributed by atoms with Crippen molar-refractivity contribution in [2.24, 2.45) is 0 Å². The molecule has 0 spiro atoms. The number of carboxylic acid groups (broad SMARTS) is 1. The molecule has 1 aliphatic rings. The fourth-order valence-corrected chi connectivity index (χ4v) is 3.38.